The maximum Gasteiger partial charge on any atom is 0.294 e. The van der Waals surface area contributed by atoms with Crippen molar-refractivity contribution < 1.29 is 70.6 Å². The molecule has 1 fully saturated rings. The highest BCUT2D eigenvalue weighted by atomic mass is 79.9. The quantitative estimate of drug-likeness (QED) is 0.00819. The van der Waals surface area contributed by atoms with E-state index in [9.17, 15) is 61.2 Å². The number of anilines is 1. The number of rotatable bonds is 61. The summed E-state index contributed by atoms with van der Waals surface area (Å²) in [6, 6.07) is 5.60. The number of aliphatic hydroxyl groups excluding tert-OH is 1. The lowest BCUT2D eigenvalue weighted by Gasteiger charge is -2.28. The molecule has 1 saturated heterocycles. The highest BCUT2D eigenvalue weighted by Gasteiger charge is 2.49. The van der Waals surface area contributed by atoms with Crippen molar-refractivity contribution >= 4 is 170 Å². The Kier molecular flexibility index (Phi) is 45.7. The van der Waals surface area contributed by atoms with Gasteiger partial charge in [0, 0.05) is 127 Å². The lowest BCUT2D eigenvalue weighted by molar-refractivity contribution is -0.433. The highest BCUT2D eigenvalue weighted by Crippen LogP contribution is 2.49. The number of halogens is 1. The largest absolute Gasteiger partial charge is 0.392 e. The van der Waals surface area contributed by atoms with Gasteiger partial charge < -0.3 is 135 Å². The van der Waals surface area contributed by atoms with Crippen molar-refractivity contribution in [2.75, 3.05) is 76.9 Å². The summed E-state index contributed by atoms with van der Waals surface area (Å²) in [6.45, 7) is 14.5. The molecule has 0 bridgehead atoms. The van der Waals surface area contributed by atoms with E-state index in [0.29, 0.717) is 66.7 Å². The third-order valence-electron chi connectivity index (χ3n) is 25.7. The highest BCUT2D eigenvalue weighted by molar-refractivity contribution is 9.10. The van der Waals surface area contributed by atoms with E-state index in [1.807, 2.05) is 44.2 Å². The zero-order chi connectivity index (χ0) is 107. The number of guanidine groups is 6. The molecular formula is C95H147BrN33O15S2+. The van der Waals surface area contributed by atoms with Crippen molar-refractivity contribution in [1.29, 1.82) is 32.5 Å². The molecule has 3 aromatic carbocycles. The Morgan fingerprint density at radius 1 is 0.555 bits per heavy atom. The van der Waals surface area contributed by atoms with Crippen molar-refractivity contribution in [3.8, 4) is 0 Å². The molecule has 3 aliphatic rings. The number of fused-ring (bicyclic) bond motifs is 5. The number of hydrogen-bond donors (Lipinski definition) is 31. The van der Waals surface area contributed by atoms with Crippen LogP contribution in [-0.2, 0) is 75.4 Å². The van der Waals surface area contributed by atoms with Gasteiger partial charge in [-0.1, -0.05) is 60.0 Å². The number of benzene rings is 3. The molecule has 5 heterocycles. The van der Waals surface area contributed by atoms with Crippen LogP contribution in [0.5, 0.6) is 0 Å². The number of nitrogens with two attached hydrogens (primary N) is 7. The first-order valence-corrected chi connectivity index (χ1v) is 52.3. The number of thiophene rings is 1. The molecule has 10 unspecified atom stereocenters. The Hall–Kier alpha value is -13.7. The number of aromatic nitrogens is 2. The molecule has 10 atom stereocenters. The van der Waals surface area contributed by atoms with E-state index in [4.69, 9.17) is 77.6 Å². The van der Waals surface area contributed by atoms with Crippen LogP contribution in [0.1, 0.15) is 205 Å². The summed E-state index contributed by atoms with van der Waals surface area (Å²) in [5.41, 5.74) is 45.5. The van der Waals surface area contributed by atoms with Gasteiger partial charge in [0.15, 0.2) is 41.5 Å². The minimum absolute atomic E-state index is 0.0122. The van der Waals surface area contributed by atoms with E-state index in [-0.39, 0.29) is 208 Å². The van der Waals surface area contributed by atoms with Crippen molar-refractivity contribution in [3.05, 3.63) is 116 Å². The van der Waals surface area contributed by atoms with Crippen LogP contribution < -0.4 is 130 Å². The maximum absolute atomic E-state index is 15.1. The Morgan fingerprint density at radius 2 is 1.01 bits per heavy atom. The average molecular weight is 2140 g/mol. The van der Waals surface area contributed by atoms with Crippen LogP contribution in [0.4, 0.5) is 11.4 Å². The standard InChI is InChI=1S/C95H146BrN33O15S2/c1-7-128-68-36-33-54(3)48-59(68)94(4,5)72(128)29-14-30-73-95(6,60-51-57(146(142,143)144)35-37-69(60)129(73)8-2)39-15-32-75(131)110-40-13-11-22-61(79(97)133)119-81(135)63(24-17-43-113-89(100)101)121-83(137)65(26-19-45-115-91(104)105)123-85(139)67(28-21-47-117-93(108)109)124-84(138)66(27-20-46-116-92(106)107)122-82(136)64(25-18-44-114-90(102)103)120-80(134)62(23-16-42-112-88(98)99)118-76(132)31-10-9-12-41-111-86(140)70-50-56(130)52-127(70)53-74-125-77-58-49-55(96)34-38-71(58)145-78(77)87(141)126-74/h14,29-30,33-38,48-49,51,56,61-67,70,130H,7-13,15-28,31-32,39-47,50,52-53H2,1-6H3,(H36-,97,98,99,100,101,102,103,104,105,106,107,108,109,110,111,112,113,114,115,116,117,118,119,120,121,122,123,124,125,126,131,132,133,134,135,136,137,138,139,140,141,142,143,144)/p+1. The molecule has 146 heavy (non-hydrogen) atoms. The van der Waals surface area contributed by atoms with Crippen LogP contribution >= 0.6 is 27.3 Å². The van der Waals surface area contributed by atoms with E-state index in [1.54, 1.807) is 11.0 Å². The Bertz CT molecular complexity index is 5810. The number of nitrogens with one attached hydrogen (secondary N) is 22. The van der Waals surface area contributed by atoms with Crippen LogP contribution in [0.25, 0.3) is 20.3 Å². The zero-order valence-electron chi connectivity index (χ0n) is 83.6. The van der Waals surface area contributed by atoms with Gasteiger partial charge in [0.05, 0.1) is 34.5 Å². The second-order valence-corrected chi connectivity index (χ2v) is 40.7. The number of primary amides is 1. The summed E-state index contributed by atoms with van der Waals surface area (Å²) < 4.78 is 39.8. The number of β-amino-alcohol motifs (C(OH)–C–C–N with tert-alkyl or cyclic N) is 1. The summed E-state index contributed by atoms with van der Waals surface area (Å²) in [6.07, 6.45) is 7.21. The van der Waals surface area contributed by atoms with Crippen LogP contribution in [0.3, 0.4) is 0 Å². The SMILES string of the molecule is CCN1/C(=C\C=C\C2=[N+](CC)c3ccc(S(=O)(=O)O)cc3C2(C)CCCC(=O)NCCCCC(NC(=O)C(CCCNC(=N)N)NC(=O)C(CCCNC(=N)N)NC(=O)C(CCCNC(=N)N)NC(=O)C(CCCNC(=N)N)NC(=O)C(CCCNC(=N)N)NC(=O)C(CCCNC(=N)N)NC(=O)CCCCCNC(=O)C2CC(O)CN2Cc2nc3c(sc4ccc(Br)cc43)c(=O)[nH]2)C(N)=O)C(C)(C)c2cc(C)ccc21. The van der Waals surface area contributed by atoms with Crippen LogP contribution in [0, 0.1) is 39.4 Å². The van der Waals surface area contributed by atoms with Gasteiger partial charge in [-0.15, -0.1) is 11.3 Å². The predicted molar refractivity (Wildman–Crippen MR) is 564 cm³/mol. The molecule has 5 aromatic rings. The number of carbonyl (C=O) groups excluding carboxylic acids is 10. The average Bonchev–Trinajstić information content (AvgIpc) is 1.55. The van der Waals surface area contributed by atoms with Gasteiger partial charge >= 0.3 is 0 Å². The monoisotopic (exact) mass is 2130 g/mol. The summed E-state index contributed by atoms with van der Waals surface area (Å²) in [7, 11) is -4.60. The first-order chi connectivity index (χ1) is 69.2. The second-order valence-electron chi connectivity index (χ2n) is 37.3. The normalized spacial score (nSPS) is 16.9. The number of hydrogen-bond acceptors (Lipinski definition) is 24. The number of likely N-dealkylation sites (N-methyl/N-ethyl adjacent to an activating group) is 1. The zero-order valence-corrected chi connectivity index (χ0v) is 86.8. The topological polar surface area (TPSA) is 806 Å². The Labute approximate surface area is 861 Å². The maximum atomic E-state index is 15.1. The molecule has 48 nitrogen and oxygen atoms in total. The number of aryl methyl sites for hydroxylation is 1. The fraction of sp³-hybridized carbons (Fsp3) is 0.547. The van der Waals surface area contributed by atoms with Crippen molar-refractivity contribution in [1.82, 2.24) is 94.6 Å². The van der Waals surface area contributed by atoms with E-state index in [2.05, 4.69) is 162 Å². The number of unbranched alkanes of at least 4 members (excludes halogenated alkanes) is 3. The molecular weight excluding hydrogens is 1990 g/mol. The number of aliphatic hydroxyl groups is 1. The fourth-order valence-electron chi connectivity index (χ4n) is 18.2. The van der Waals surface area contributed by atoms with E-state index < -0.39 is 147 Å². The number of H-pyrrole nitrogens is 1. The number of likely N-dealkylation sites (tertiary alicyclic amines) is 1. The fourth-order valence-corrected chi connectivity index (χ4v) is 20.1. The van der Waals surface area contributed by atoms with Gasteiger partial charge in [-0.3, -0.25) is 94.6 Å². The van der Waals surface area contributed by atoms with Crippen molar-refractivity contribution in [2.45, 2.75) is 266 Å². The van der Waals surface area contributed by atoms with E-state index >= 15 is 9.59 Å². The second kappa shape index (κ2) is 56.7. The summed E-state index contributed by atoms with van der Waals surface area (Å²) in [5, 5.41) is 98.8. The predicted octanol–water partition coefficient (Wildman–Crippen LogP) is 0.317. The summed E-state index contributed by atoms with van der Waals surface area (Å²) >= 11 is 4.81. The smallest absolute Gasteiger partial charge is 0.294 e. The molecule has 0 radical (unpaired) electrons. The van der Waals surface area contributed by atoms with E-state index in [0.717, 1.165) is 49.5 Å². The van der Waals surface area contributed by atoms with Crippen molar-refractivity contribution in [2.24, 2.45) is 40.1 Å². The van der Waals surface area contributed by atoms with Crippen LogP contribution in [-0.4, -0.2) is 264 Å². The minimum atomic E-state index is -4.60. The third kappa shape index (κ3) is 35.6. The molecule has 51 heteroatoms. The van der Waals surface area contributed by atoms with Gasteiger partial charge in [0.2, 0.25) is 64.8 Å². The minimum Gasteiger partial charge on any atom is -0.392 e. The van der Waals surface area contributed by atoms with Gasteiger partial charge in [-0.2, -0.15) is 13.0 Å². The third-order valence-corrected chi connectivity index (χ3v) is 28.2. The number of nitrogens with zero attached hydrogens (tertiary/aromatic N) is 4. The van der Waals surface area contributed by atoms with Gasteiger partial charge in [-0.05, 0) is 204 Å². The van der Waals surface area contributed by atoms with Gasteiger partial charge in [0.1, 0.15) is 59.4 Å². The molecule has 0 spiro atoms. The number of allylic oxidation sites excluding steroid dienone is 4. The number of aromatic amines is 1. The molecule has 38 N–H and O–H groups in total. The molecule has 0 saturated carbocycles. The lowest BCUT2D eigenvalue weighted by atomic mass is 9.75. The van der Waals surface area contributed by atoms with Gasteiger partial charge in [-0.25, -0.2) is 4.98 Å². The van der Waals surface area contributed by atoms with Crippen LogP contribution in [0.2, 0.25) is 0 Å². The molecule has 3 aliphatic heterocycles. The molecule has 2 aromatic heterocycles. The first-order valence-electron chi connectivity index (χ1n) is 49.2. The van der Waals surface area contributed by atoms with Crippen molar-refractivity contribution in [3.63, 3.8) is 0 Å². The lowest BCUT2D eigenvalue weighted by Crippen LogP contribution is -2.60. The number of carbonyl (C=O) groups is 10. The Morgan fingerprint density at radius 3 is 1.47 bits per heavy atom. The molecule has 10 amide bonds. The van der Waals surface area contributed by atoms with Crippen LogP contribution in [0.15, 0.2) is 92.7 Å². The first kappa shape index (κ1) is 118. The summed E-state index contributed by atoms with van der Waals surface area (Å²) in [5.74, 6) is -9.87. The molecule has 0 aliphatic carbocycles. The molecule has 8 rings (SSSR count). The van der Waals surface area contributed by atoms with E-state index in [1.165, 1.54) is 29.0 Å². The number of amides is 10. The summed E-state index contributed by atoms with van der Waals surface area (Å²) in [4.78, 5) is 168. The molecule has 800 valence electrons. The van der Waals surface area contributed by atoms with Gasteiger partial charge in [0.25, 0.3) is 15.7 Å². The Balaban J connectivity index is 0.917.